The number of benzene rings is 2. The predicted octanol–water partition coefficient (Wildman–Crippen LogP) is 3.99. The van der Waals surface area contributed by atoms with Crippen LogP contribution in [0.4, 0.5) is 0 Å². The molecule has 2 aromatic rings. The third kappa shape index (κ3) is 6.73. The molecule has 0 bridgehead atoms. The number of ketones is 1. The van der Waals surface area contributed by atoms with Gasteiger partial charge in [-0.15, -0.1) is 0 Å². The van der Waals surface area contributed by atoms with Gasteiger partial charge in [-0.2, -0.15) is 0 Å². The Morgan fingerprint density at radius 1 is 1.00 bits per heavy atom. The molecule has 0 radical (unpaired) electrons. The average Bonchev–Trinajstić information content (AvgIpc) is 3.53. The van der Waals surface area contributed by atoms with Crippen molar-refractivity contribution in [2.45, 2.75) is 51.0 Å². The number of nitrogens with zero attached hydrogens (tertiary/aromatic N) is 1. The summed E-state index contributed by atoms with van der Waals surface area (Å²) in [5.41, 5.74) is 1.80. The van der Waals surface area contributed by atoms with Crippen molar-refractivity contribution in [1.29, 1.82) is 0 Å². The van der Waals surface area contributed by atoms with Gasteiger partial charge in [0.05, 0.1) is 7.11 Å². The Hall–Kier alpha value is -3.06. The van der Waals surface area contributed by atoms with E-state index in [4.69, 9.17) is 14.2 Å². The fraction of sp³-hybridized carbons (Fsp3) is 0.481. The molecule has 2 aromatic carbocycles. The SMILES string of the molecule is COc1ccc(C(=O)CCCCC(=O)N[C@@H](Cc2ccc3c(c2)OCO3)CN2CCCC2)cc1. The molecule has 4 rings (SSSR count). The Labute approximate surface area is 201 Å². The molecule has 1 fully saturated rings. The smallest absolute Gasteiger partial charge is 0.231 e. The molecule has 0 spiro atoms. The predicted molar refractivity (Wildman–Crippen MR) is 130 cm³/mol. The van der Waals surface area contributed by atoms with Gasteiger partial charge in [0.1, 0.15) is 5.75 Å². The minimum atomic E-state index is 0.0342. The summed E-state index contributed by atoms with van der Waals surface area (Å²) in [6.07, 6.45) is 5.42. The molecular formula is C27H34N2O5. The number of amides is 1. The number of carbonyl (C=O) groups excluding carboxylic acids is 2. The lowest BCUT2D eigenvalue weighted by Gasteiger charge is -2.25. The van der Waals surface area contributed by atoms with Crippen molar-refractivity contribution in [2.75, 3.05) is 33.5 Å². The number of hydrogen-bond acceptors (Lipinski definition) is 6. The van der Waals surface area contributed by atoms with Gasteiger partial charge in [-0.05, 0) is 87.2 Å². The third-order valence-corrected chi connectivity index (χ3v) is 6.43. The molecular weight excluding hydrogens is 432 g/mol. The lowest BCUT2D eigenvalue weighted by atomic mass is 10.0. The number of likely N-dealkylation sites (tertiary alicyclic amines) is 1. The highest BCUT2D eigenvalue weighted by molar-refractivity contribution is 5.96. The molecule has 7 heteroatoms. The van der Waals surface area contributed by atoms with Crippen LogP contribution < -0.4 is 19.5 Å². The van der Waals surface area contributed by atoms with Gasteiger partial charge in [0.25, 0.3) is 0 Å². The number of carbonyl (C=O) groups is 2. The highest BCUT2D eigenvalue weighted by Crippen LogP contribution is 2.32. The Morgan fingerprint density at radius 2 is 1.74 bits per heavy atom. The standard InChI is InChI=1S/C27H34N2O5/c1-32-23-11-9-21(10-12-23)24(30)6-2-3-7-27(31)28-22(18-29-14-4-5-15-29)16-20-8-13-25-26(17-20)34-19-33-25/h8-13,17,22H,2-7,14-16,18-19H2,1H3,(H,28,31)/t22-/m0/s1. The van der Waals surface area contributed by atoms with Crippen molar-refractivity contribution in [2.24, 2.45) is 0 Å². The zero-order valence-corrected chi connectivity index (χ0v) is 19.9. The third-order valence-electron chi connectivity index (χ3n) is 6.43. The summed E-state index contributed by atoms with van der Waals surface area (Å²) in [4.78, 5) is 27.5. The van der Waals surface area contributed by atoms with Crippen LogP contribution in [0.3, 0.4) is 0 Å². The van der Waals surface area contributed by atoms with E-state index in [1.165, 1.54) is 12.8 Å². The van der Waals surface area contributed by atoms with Crippen LogP contribution in [-0.2, 0) is 11.2 Å². The second kappa shape index (κ2) is 11.9. The normalized spacial score (nSPS) is 15.8. The number of nitrogens with one attached hydrogen (secondary N) is 1. The van der Waals surface area contributed by atoms with Crippen LogP contribution in [0.1, 0.15) is 54.4 Å². The van der Waals surface area contributed by atoms with Gasteiger partial charge in [-0.3, -0.25) is 9.59 Å². The molecule has 7 nitrogen and oxygen atoms in total. The molecule has 2 aliphatic rings. The van der Waals surface area contributed by atoms with E-state index in [2.05, 4.69) is 10.2 Å². The first-order chi connectivity index (χ1) is 16.6. The second-order valence-electron chi connectivity index (χ2n) is 9.02. The summed E-state index contributed by atoms with van der Waals surface area (Å²) in [5.74, 6) is 2.41. The maximum Gasteiger partial charge on any atom is 0.231 e. The highest BCUT2D eigenvalue weighted by Gasteiger charge is 2.21. The lowest BCUT2D eigenvalue weighted by Crippen LogP contribution is -2.44. The lowest BCUT2D eigenvalue weighted by molar-refractivity contribution is -0.122. The molecule has 0 aliphatic carbocycles. The van der Waals surface area contributed by atoms with E-state index in [-0.39, 0.29) is 24.5 Å². The van der Waals surface area contributed by atoms with Crippen LogP contribution in [-0.4, -0.2) is 56.2 Å². The maximum atomic E-state index is 12.7. The van der Waals surface area contributed by atoms with Crippen molar-refractivity contribution in [1.82, 2.24) is 10.2 Å². The van der Waals surface area contributed by atoms with Gasteiger partial charge in [0, 0.05) is 31.0 Å². The number of fused-ring (bicyclic) bond motifs is 1. The van der Waals surface area contributed by atoms with Crippen LogP contribution in [0.15, 0.2) is 42.5 Å². The highest BCUT2D eigenvalue weighted by atomic mass is 16.7. The quantitative estimate of drug-likeness (QED) is 0.377. The van der Waals surface area contributed by atoms with Gasteiger partial charge in [-0.1, -0.05) is 6.07 Å². The number of hydrogen-bond donors (Lipinski definition) is 1. The second-order valence-corrected chi connectivity index (χ2v) is 9.02. The molecule has 182 valence electrons. The fourth-order valence-electron chi connectivity index (χ4n) is 4.58. The van der Waals surface area contributed by atoms with E-state index in [1.54, 1.807) is 31.4 Å². The largest absolute Gasteiger partial charge is 0.497 e. The van der Waals surface area contributed by atoms with Crippen molar-refractivity contribution < 1.29 is 23.8 Å². The van der Waals surface area contributed by atoms with Gasteiger partial charge in [0.15, 0.2) is 17.3 Å². The van der Waals surface area contributed by atoms with Crippen LogP contribution in [0.2, 0.25) is 0 Å². The number of ether oxygens (including phenoxy) is 3. The first-order valence-electron chi connectivity index (χ1n) is 12.2. The number of methoxy groups -OCH3 is 1. The van der Waals surface area contributed by atoms with Crippen LogP contribution in [0, 0.1) is 0 Å². The molecule has 34 heavy (non-hydrogen) atoms. The van der Waals surface area contributed by atoms with Crippen LogP contribution in [0.25, 0.3) is 0 Å². The van der Waals surface area contributed by atoms with Crippen molar-refractivity contribution in [3.8, 4) is 17.2 Å². The van der Waals surface area contributed by atoms with Gasteiger partial charge < -0.3 is 24.4 Å². The summed E-state index contributed by atoms with van der Waals surface area (Å²) in [6, 6.07) is 13.2. The molecule has 1 saturated heterocycles. The number of rotatable bonds is 12. The molecule has 1 atom stereocenters. The van der Waals surface area contributed by atoms with E-state index < -0.39 is 0 Å². The zero-order valence-electron chi connectivity index (χ0n) is 19.9. The zero-order chi connectivity index (χ0) is 23.8. The summed E-state index contributed by atoms with van der Waals surface area (Å²) >= 11 is 0. The summed E-state index contributed by atoms with van der Waals surface area (Å²) in [7, 11) is 1.60. The van der Waals surface area contributed by atoms with E-state index in [9.17, 15) is 9.59 Å². The molecule has 2 aliphatic heterocycles. The van der Waals surface area contributed by atoms with E-state index in [0.29, 0.717) is 31.2 Å². The molecule has 1 N–H and O–H groups in total. The van der Waals surface area contributed by atoms with Gasteiger partial charge in [0.2, 0.25) is 12.7 Å². The van der Waals surface area contributed by atoms with Gasteiger partial charge in [-0.25, -0.2) is 0 Å². The van der Waals surface area contributed by atoms with Crippen molar-refractivity contribution in [3.63, 3.8) is 0 Å². The van der Waals surface area contributed by atoms with E-state index >= 15 is 0 Å². The first-order valence-corrected chi connectivity index (χ1v) is 12.2. The average molecular weight is 467 g/mol. The maximum absolute atomic E-state index is 12.7. The Morgan fingerprint density at radius 3 is 2.50 bits per heavy atom. The van der Waals surface area contributed by atoms with Gasteiger partial charge >= 0.3 is 0 Å². The van der Waals surface area contributed by atoms with Crippen molar-refractivity contribution >= 4 is 11.7 Å². The molecule has 1 amide bonds. The van der Waals surface area contributed by atoms with Crippen LogP contribution >= 0.6 is 0 Å². The monoisotopic (exact) mass is 466 g/mol. The first kappa shape index (κ1) is 24.1. The van der Waals surface area contributed by atoms with Crippen LogP contribution in [0.5, 0.6) is 17.2 Å². The minimum absolute atomic E-state index is 0.0342. The Balaban J connectivity index is 1.24. The number of unbranched alkanes of at least 4 members (excludes halogenated alkanes) is 1. The molecule has 0 unspecified atom stereocenters. The summed E-state index contributed by atoms with van der Waals surface area (Å²) < 4.78 is 16.1. The Kier molecular flexibility index (Phi) is 8.41. The summed E-state index contributed by atoms with van der Waals surface area (Å²) in [5, 5.41) is 3.24. The minimum Gasteiger partial charge on any atom is -0.497 e. The Bertz CT molecular complexity index is 969. The topological polar surface area (TPSA) is 77.1 Å². The molecule has 2 heterocycles. The van der Waals surface area contributed by atoms with E-state index in [1.807, 2.05) is 18.2 Å². The summed E-state index contributed by atoms with van der Waals surface area (Å²) in [6.45, 7) is 3.27. The molecule has 0 aromatic heterocycles. The number of Topliss-reactive ketones (excluding diaryl/α,β-unsaturated/α-hetero) is 1. The van der Waals surface area contributed by atoms with Crippen molar-refractivity contribution in [3.05, 3.63) is 53.6 Å². The molecule has 0 saturated carbocycles. The van der Waals surface area contributed by atoms with E-state index in [0.717, 1.165) is 48.9 Å². The fourth-order valence-corrected chi connectivity index (χ4v) is 4.58.